The van der Waals surface area contributed by atoms with Gasteiger partial charge in [-0.3, -0.25) is 24.3 Å². The molecule has 0 atom stereocenters. The highest BCUT2D eigenvalue weighted by atomic mass is 32.2. The summed E-state index contributed by atoms with van der Waals surface area (Å²) in [5, 5.41) is 14.6. The molecule has 0 saturated carbocycles. The van der Waals surface area contributed by atoms with Gasteiger partial charge in [0.05, 0.1) is 16.1 Å². The van der Waals surface area contributed by atoms with Crippen molar-refractivity contribution in [1.29, 1.82) is 0 Å². The number of nitrogens with one attached hydrogen (secondary N) is 1. The highest BCUT2D eigenvalue weighted by Gasteiger charge is 2.17. The number of fused-ring (bicyclic) bond motifs is 1. The Balaban J connectivity index is 1.83. The standard InChI is InChI=1S/C19H18N4O4S2/c1-3-9-22-18(25)13-10-12(4-2)29-17(13)21-19(22)28-11-16(24)20-14-7-5-6-8-15(14)23(26)27/h3,5-8,10H,1,4,9,11H2,2H3,(H,20,24). The molecule has 0 aliphatic heterocycles. The number of carbonyl (C=O) groups is 1. The summed E-state index contributed by atoms with van der Waals surface area (Å²) < 4.78 is 1.48. The fourth-order valence-electron chi connectivity index (χ4n) is 2.68. The van der Waals surface area contributed by atoms with E-state index >= 15 is 0 Å². The lowest BCUT2D eigenvalue weighted by Crippen LogP contribution is -2.23. The molecule has 1 amide bonds. The van der Waals surface area contributed by atoms with Gasteiger partial charge in [-0.2, -0.15) is 0 Å². The van der Waals surface area contributed by atoms with E-state index in [2.05, 4.69) is 16.9 Å². The number of carbonyl (C=O) groups excluding carboxylic acids is 1. The van der Waals surface area contributed by atoms with Gasteiger partial charge in [-0.15, -0.1) is 17.9 Å². The molecule has 0 saturated heterocycles. The number of nitro benzene ring substituents is 1. The molecule has 1 N–H and O–H groups in total. The van der Waals surface area contributed by atoms with Crippen LogP contribution in [0.3, 0.4) is 0 Å². The smallest absolute Gasteiger partial charge is 0.292 e. The predicted octanol–water partition coefficient (Wildman–Crippen LogP) is 3.85. The first-order valence-corrected chi connectivity index (χ1v) is 10.5. The zero-order valence-electron chi connectivity index (χ0n) is 15.6. The van der Waals surface area contributed by atoms with Crippen molar-refractivity contribution in [2.45, 2.75) is 25.0 Å². The maximum atomic E-state index is 12.8. The summed E-state index contributed by atoms with van der Waals surface area (Å²) in [6.07, 6.45) is 2.40. The van der Waals surface area contributed by atoms with Crippen LogP contribution in [-0.4, -0.2) is 26.1 Å². The number of nitrogens with zero attached hydrogens (tertiary/aromatic N) is 3. The molecule has 3 rings (SSSR count). The Hall–Kier alpha value is -2.98. The van der Waals surface area contributed by atoms with E-state index in [-0.39, 0.29) is 29.2 Å². The first kappa shape index (κ1) is 20.7. The van der Waals surface area contributed by atoms with Gasteiger partial charge in [0, 0.05) is 17.5 Å². The maximum Gasteiger partial charge on any atom is 0.292 e. The number of amides is 1. The van der Waals surface area contributed by atoms with Crippen LogP contribution in [0.4, 0.5) is 11.4 Å². The largest absolute Gasteiger partial charge is 0.320 e. The third kappa shape index (κ3) is 4.54. The van der Waals surface area contributed by atoms with Crippen LogP contribution in [0.5, 0.6) is 0 Å². The second kappa shape index (κ2) is 9.01. The number of anilines is 1. The van der Waals surface area contributed by atoms with Crippen LogP contribution < -0.4 is 10.9 Å². The van der Waals surface area contributed by atoms with Gasteiger partial charge < -0.3 is 5.32 Å². The van der Waals surface area contributed by atoms with Crippen LogP contribution in [0.1, 0.15) is 11.8 Å². The first-order valence-electron chi connectivity index (χ1n) is 8.74. The summed E-state index contributed by atoms with van der Waals surface area (Å²) in [6.45, 7) is 5.96. The Morgan fingerprint density at radius 3 is 2.90 bits per heavy atom. The van der Waals surface area contributed by atoms with Crippen LogP contribution in [0, 0.1) is 10.1 Å². The monoisotopic (exact) mass is 430 g/mol. The van der Waals surface area contributed by atoms with Crippen molar-refractivity contribution in [2.24, 2.45) is 0 Å². The minimum atomic E-state index is -0.553. The molecular formula is C19H18N4O4S2. The van der Waals surface area contributed by atoms with Crippen molar-refractivity contribution >= 4 is 50.6 Å². The lowest BCUT2D eigenvalue weighted by Gasteiger charge is -2.10. The highest BCUT2D eigenvalue weighted by molar-refractivity contribution is 7.99. The molecule has 0 unspecified atom stereocenters. The molecule has 0 radical (unpaired) electrons. The second-order valence-corrected chi connectivity index (χ2v) is 8.05. The Labute approximate surface area is 174 Å². The molecule has 3 aromatic rings. The van der Waals surface area contributed by atoms with Crippen molar-refractivity contribution in [1.82, 2.24) is 9.55 Å². The zero-order valence-corrected chi connectivity index (χ0v) is 17.2. The summed E-state index contributed by atoms with van der Waals surface area (Å²) in [5.74, 6) is -0.475. The number of hydrogen-bond donors (Lipinski definition) is 1. The normalized spacial score (nSPS) is 10.8. The fraction of sp³-hybridized carbons (Fsp3) is 0.211. The number of benzene rings is 1. The number of nitro groups is 1. The van der Waals surface area contributed by atoms with Crippen LogP contribution in [0.25, 0.3) is 10.2 Å². The lowest BCUT2D eigenvalue weighted by atomic mass is 10.2. The van der Waals surface area contributed by atoms with Gasteiger partial charge in [0.15, 0.2) is 5.16 Å². The summed E-state index contributed by atoms with van der Waals surface area (Å²) in [4.78, 5) is 41.9. The molecule has 150 valence electrons. The van der Waals surface area contributed by atoms with Gasteiger partial charge in [0.25, 0.3) is 11.2 Å². The summed E-state index contributed by atoms with van der Waals surface area (Å²) in [6, 6.07) is 7.78. The van der Waals surface area contributed by atoms with Crippen LogP contribution in [-0.2, 0) is 17.8 Å². The van der Waals surface area contributed by atoms with Crippen molar-refractivity contribution in [2.75, 3.05) is 11.1 Å². The van der Waals surface area contributed by atoms with Crippen LogP contribution >= 0.6 is 23.1 Å². The van der Waals surface area contributed by atoms with E-state index in [1.165, 1.54) is 34.1 Å². The van der Waals surface area contributed by atoms with E-state index in [9.17, 15) is 19.7 Å². The molecule has 29 heavy (non-hydrogen) atoms. The van der Waals surface area contributed by atoms with Gasteiger partial charge in [-0.1, -0.05) is 36.9 Å². The third-order valence-electron chi connectivity index (χ3n) is 4.03. The molecule has 0 bridgehead atoms. The molecule has 2 aromatic heterocycles. The van der Waals surface area contributed by atoms with Crippen molar-refractivity contribution < 1.29 is 9.72 Å². The summed E-state index contributed by atoms with van der Waals surface area (Å²) in [5.41, 5.74) is -0.229. The SMILES string of the molecule is C=CCn1c(SCC(=O)Nc2ccccc2[N+](=O)[O-])nc2sc(CC)cc2c1=O. The lowest BCUT2D eigenvalue weighted by molar-refractivity contribution is -0.383. The Morgan fingerprint density at radius 1 is 1.45 bits per heavy atom. The molecule has 1 aromatic carbocycles. The summed E-state index contributed by atoms with van der Waals surface area (Å²) in [7, 11) is 0. The van der Waals surface area contributed by atoms with Crippen molar-refractivity contribution in [3.8, 4) is 0 Å². The Morgan fingerprint density at radius 2 is 2.21 bits per heavy atom. The van der Waals surface area contributed by atoms with Gasteiger partial charge in [-0.05, 0) is 18.6 Å². The van der Waals surface area contributed by atoms with Crippen molar-refractivity contribution in [3.63, 3.8) is 0 Å². The van der Waals surface area contributed by atoms with E-state index in [0.29, 0.717) is 15.4 Å². The Kier molecular flexibility index (Phi) is 6.45. The number of allylic oxidation sites excluding steroid dienone is 1. The Bertz CT molecular complexity index is 1150. The van der Waals surface area contributed by atoms with Gasteiger partial charge in [0.1, 0.15) is 10.5 Å². The molecule has 2 heterocycles. The number of para-hydroxylation sites is 2. The number of aromatic nitrogens is 2. The summed E-state index contributed by atoms with van der Waals surface area (Å²) >= 11 is 2.56. The number of thioether (sulfide) groups is 1. The van der Waals surface area contributed by atoms with Crippen molar-refractivity contribution in [3.05, 3.63) is 68.3 Å². The fourth-order valence-corrected chi connectivity index (χ4v) is 4.49. The molecule has 0 aliphatic carbocycles. The molecule has 10 heteroatoms. The number of thiophene rings is 1. The van der Waals surface area contributed by atoms with E-state index in [1.54, 1.807) is 12.1 Å². The average Bonchev–Trinajstić information content (AvgIpc) is 3.12. The molecule has 0 spiro atoms. The number of hydrogen-bond acceptors (Lipinski definition) is 7. The predicted molar refractivity (Wildman–Crippen MR) is 116 cm³/mol. The highest BCUT2D eigenvalue weighted by Crippen LogP contribution is 2.26. The minimum Gasteiger partial charge on any atom is -0.320 e. The maximum absolute atomic E-state index is 12.8. The van der Waals surface area contributed by atoms with Crippen LogP contribution in [0.15, 0.2) is 52.9 Å². The van der Waals surface area contributed by atoms with Gasteiger partial charge >= 0.3 is 0 Å². The molecule has 0 aliphatic rings. The third-order valence-corrected chi connectivity index (χ3v) is 6.18. The quantitative estimate of drug-likeness (QED) is 0.191. The van der Waals surface area contributed by atoms with E-state index in [0.717, 1.165) is 23.1 Å². The molecular weight excluding hydrogens is 412 g/mol. The topological polar surface area (TPSA) is 107 Å². The first-order chi connectivity index (χ1) is 13.9. The van der Waals surface area contributed by atoms with Crippen LogP contribution in [0.2, 0.25) is 0 Å². The number of aryl methyl sites for hydroxylation is 1. The zero-order chi connectivity index (χ0) is 21.0. The van der Waals surface area contributed by atoms with Gasteiger partial charge in [-0.25, -0.2) is 4.98 Å². The minimum absolute atomic E-state index is 0.0485. The second-order valence-electron chi connectivity index (χ2n) is 6.00. The number of rotatable bonds is 8. The van der Waals surface area contributed by atoms with E-state index in [1.807, 2.05) is 13.0 Å². The van der Waals surface area contributed by atoms with E-state index < -0.39 is 10.8 Å². The average molecular weight is 431 g/mol. The van der Waals surface area contributed by atoms with Gasteiger partial charge in [0.2, 0.25) is 5.91 Å². The molecule has 8 nitrogen and oxygen atoms in total. The van der Waals surface area contributed by atoms with E-state index in [4.69, 9.17) is 0 Å². The molecule has 0 fully saturated rings.